The monoisotopic (exact) mass is 214 g/mol. The van der Waals surface area contributed by atoms with Gasteiger partial charge in [-0.25, -0.2) is 0 Å². The van der Waals surface area contributed by atoms with E-state index in [0.29, 0.717) is 0 Å². The molecule has 0 heterocycles. The minimum Gasteiger partial charge on any atom is -0.0630 e. The average Bonchev–Trinajstić information content (AvgIpc) is 2.27. The van der Waals surface area contributed by atoms with Gasteiger partial charge in [-0.05, 0) is 28.7 Å². The molecule has 16 heavy (non-hydrogen) atoms. The number of hydrogen-bond donors (Lipinski definition) is 0. The Morgan fingerprint density at radius 3 is 2.06 bits per heavy atom. The number of fused-ring (bicyclic) bond motifs is 1. The molecule has 0 nitrogen and oxygen atoms in total. The van der Waals surface area contributed by atoms with E-state index >= 15 is 0 Å². The normalized spacial score (nSPS) is 10.1. The molecule has 0 aliphatic heterocycles. The molecule has 0 aromatic heterocycles. The van der Waals surface area contributed by atoms with Crippen LogP contribution in [0.15, 0.2) is 42.5 Å². The fourth-order valence-corrected chi connectivity index (χ4v) is 1.60. The van der Waals surface area contributed by atoms with E-state index in [2.05, 4.69) is 70.2 Å². The van der Waals surface area contributed by atoms with Gasteiger partial charge >= 0.3 is 0 Å². The number of hydrogen-bond acceptors (Lipinski definition) is 0. The second kappa shape index (κ2) is 6.32. The van der Waals surface area contributed by atoms with Gasteiger partial charge in [0, 0.05) is 0 Å². The van der Waals surface area contributed by atoms with Gasteiger partial charge in [0.1, 0.15) is 0 Å². The zero-order valence-corrected chi connectivity index (χ0v) is 10.8. The number of benzene rings is 2. The first-order valence-corrected chi connectivity index (χ1v) is 6.11. The summed E-state index contributed by atoms with van der Waals surface area (Å²) in [6.45, 7) is 8.70. The Morgan fingerprint density at radius 2 is 1.44 bits per heavy atom. The minimum absolute atomic E-state index is 0.833. The summed E-state index contributed by atoms with van der Waals surface area (Å²) in [5.41, 5.74) is 1.44. The van der Waals surface area contributed by atoms with Crippen LogP contribution < -0.4 is 0 Å². The minimum atomic E-state index is 0.833. The molecule has 0 bridgehead atoms. The van der Waals surface area contributed by atoms with Crippen molar-refractivity contribution in [1.82, 2.24) is 0 Å². The molecule has 0 heteroatoms. The molecule has 2 rings (SSSR count). The predicted molar refractivity (Wildman–Crippen MR) is 73.8 cm³/mol. The maximum atomic E-state index is 2.20. The predicted octanol–water partition coefficient (Wildman–Crippen LogP) is 5.06. The molecule has 0 radical (unpaired) electrons. The summed E-state index contributed by atoms with van der Waals surface area (Å²) >= 11 is 0. The van der Waals surface area contributed by atoms with E-state index in [1.165, 1.54) is 16.3 Å². The zero-order valence-electron chi connectivity index (χ0n) is 10.8. The lowest BCUT2D eigenvalue weighted by Crippen LogP contribution is -1.81. The number of rotatable bonds is 1. The van der Waals surface area contributed by atoms with Crippen LogP contribution in [0.25, 0.3) is 10.8 Å². The highest BCUT2D eigenvalue weighted by Crippen LogP contribution is 2.18. The lowest BCUT2D eigenvalue weighted by atomic mass is 10.0. The third-order valence-electron chi connectivity index (χ3n) is 2.26. The first kappa shape index (κ1) is 12.8. The lowest BCUT2D eigenvalue weighted by molar-refractivity contribution is 0.737. The molecule has 0 unspecified atom stereocenters. The first-order chi connectivity index (χ1) is 7.65. The van der Waals surface area contributed by atoms with E-state index in [1.54, 1.807) is 0 Å². The largest absolute Gasteiger partial charge is 0.0630 e. The van der Waals surface area contributed by atoms with Crippen LogP contribution >= 0.6 is 0 Å². The van der Waals surface area contributed by atoms with E-state index in [9.17, 15) is 0 Å². The topological polar surface area (TPSA) is 0 Å². The van der Waals surface area contributed by atoms with Gasteiger partial charge in [-0.15, -0.1) is 0 Å². The smallest absolute Gasteiger partial charge is 0.0152 e. The van der Waals surface area contributed by atoms with Crippen LogP contribution in [-0.2, 0) is 6.42 Å². The van der Waals surface area contributed by atoms with Gasteiger partial charge < -0.3 is 0 Å². The van der Waals surface area contributed by atoms with Crippen LogP contribution in [0.2, 0.25) is 0 Å². The molecule has 0 amide bonds. The molecule has 0 spiro atoms. The van der Waals surface area contributed by atoms with Crippen molar-refractivity contribution in [2.24, 2.45) is 5.92 Å². The van der Waals surface area contributed by atoms with Gasteiger partial charge in [0.2, 0.25) is 0 Å². The third kappa shape index (κ3) is 3.69. The molecular formula is C16H22. The van der Waals surface area contributed by atoms with Gasteiger partial charge in [0.25, 0.3) is 0 Å². The molecule has 0 N–H and O–H groups in total. The van der Waals surface area contributed by atoms with Crippen molar-refractivity contribution < 1.29 is 0 Å². The van der Waals surface area contributed by atoms with Crippen LogP contribution in [0.4, 0.5) is 0 Å². The fourth-order valence-electron chi connectivity index (χ4n) is 1.60. The zero-order chi connectivity index (χ0) is 12.0. The van der Waals surface area contributed by atoms with Crippen molar-refractivity contribution >= 4 is 10.8 Å². The molecule has 2 aromatic carbocycles. The lowest BCUT2D eigenvalue weighted by Gasteiger charge is -2.02. The second-order valence-corrected chi connectivity index (χ2v) is 4.72. The van der Waals surface area contributed by atoms with E-state index in [4.69, 9.17) is 0 Å². The van der Waals surface area contributed by atoms with Crippen molar-refractivity contribution in [3.05, 3.63) is 48.0 Å². The Bertz CT molecular complexity index is 419. The number of aryl methyl sites for hydroxylation is 1. The van der Waals surface area contributed by atoms with E-state index < -0.39 is 0 Å². The van der Waals surface area contributed by atoms with Gasteiger partial charge in [-0.1, -0.05) is 70.2 Å². The Kier molecular flexibility index (Phi) is 5.04. The molecule has 0 fully saturated rings. The fraction of sp³-hybridized carbons (Fsp3) is 0.375. The third-order valence-corrected chi connectivity index (χ3v) is 2.26. The summed E-state index contributed by atoms with van der Waals surface area (Å²) in [6.07, 6.45) is 1.11. The van der Waals surface area contributed by atoms with Crippen LogP contribution in [-0.4, -0.2) is 0 Å². The molecule has 0 atom stereocenters. The average molecular weight is 214 g/mol. The SMILES string of the molecule is CC(C)C.CCc1cccc2ccccc12. The summed E-state index contributed by atoms with van der Waals surface area (Å²) in [5.74, 6) is 0.833. The van der Waals surface area contributed by atoms with Crippen LogP contribution in [0.5, 0.6) is 0 Å². The Morgan fingerprint density at radius 1 is 0.875 bits per heavy atom. The van der Waals surface area contributed by atoms with Crippen molar-refractivity contribution in [2.45, 2.75) is 34.1 Å². The van der Waals surface area contributed by atoms with E-state index in [-0.39, 0.29) is 0 Å². The summed E-state index contributed by atoms with van der Waals surface area (Å²) in [6, 6.07) is 15.0. The summed E-state index contributed by atoms with van der Waals surface area (Å²) < 4.78 is 0. The van der Waals surface area contributed by atoms with Gasteiger partial charge in [-0.3, -0.25) is 0 Å². The van der Waals surface area contributed by atoms with Crippen LogP contribution in [0.3, 0.4) is 0 Å². The molecule has 2 aromatic rings. The maximum Gasteiger partial charge on any atom is -0.0152 e. The summed E-state index contributed by atoms with van der Waals surface area (Å²) in [5, 5.41) is 2.74. The standard InChI is InChI=1S/C12H12.C4H10/c1-2-10-7-5-8-11-6-3-4-9-12(10)11;1-4(2)3/h3-9H,2H2,1H3;4H,1-3H3. The Labute approximate surface area is 99.3 Å². The molecule has 0 saturated carbocycles. The van der Waals surface area contributed by atoms with Crippen molar-refractivity contribution in [2.75, 3.05) is 0 Å². The molecule has 0 aliphatic carbocycles. The van der Waals surface area contributed by atoms with Crippen LogP contribution in [0, 0.1) is 5.92 Å². The Hall–Kier alpha value is -1.30. The highest BCUT2D eigenvalue weighted by atomic mass is 14.0. The first-order valence-electron chi connectivity index (χ1n) is 6.11. The van der Waals surface area contributed by atoms with Crippen molar-refractivity contribution in [3.8, 4) is 0 Å². The maximum absolute atomic E-state index is 2.20. The highest BCUT2D eigenvalue weighted by molar-refractivity contribution is 5.85. The van der Waals surface area contributed by atoms with Crippen molar-refractivity contribution in [3.63, 3.8) is 0 Å². The van der Waals surface area contributed by atoms with E-state index in [0.717, 1.165) is 12.3 Å². The van der Waals surface area contributed by atoms with E-state index in [1.807, 2.05) is 0 Å². The van der Waals surface area contributed by atoms with Gasteiger partial charge in [0.05, 0.1) is 0 Å². The summed E-state index contributed by atoms with van der Waals surface area (Å²) in [7, 11) is 0. The highest BCUT2D eigenvalue weighted by Gasteiger charge is 1.95. The Balaban J connectivity index is 0.000000280. The van der Waals surface area contributed by atoms with Crippen LogP contribution in [0.1, 0.15) is 33.3 Å². The van der Waals surface area contributed by atoms with Gasteiger partial charge in [-0.2, -0.15) is 0 Å². The van der Waals surface area contributed by atoms with Crippen molar-refractivity contribution in [1.29, 1.82) is 0 Å². The molecule has 0 aliphatic rings. The second-order valence-electron chi connectivity index (χ2n) is 4.72. The summed E-state index contributed by atoms with van der Waals surface area (Å²) in [4.78, 5) is 0. The molecular weight excluding hydrogens is 192 g/mol. The molecule has 0 saturated heterocycles. The van der Waals surface area contributed by atoms with Gasteiger partial charge in [0.15, 0.2) is 0 Å². The quantitative estimate of drug-likeness (QED) is 0.622. The molecule has 86 valence electrons.